The summed E-state index contributed by atoms with van der Waals surface area (Å²) < 4.78 is 5.10. The number of nitrogens with one attached hydrogen (secondary N) is 1. The summed E-state index contributed by atoms with van der Waals surface area (Å²) in [5.74, 6) is 1.44. The molecule has 0 amide bonds. The summed E-state index contributed by atoms with van der Waals surface area (Å²) in [6.07, 6.45) is 1.96. The van der Waals surface area contributed by atoms with E-state index in [0.29, 0.717) is 5.92 Å². The lowest BCUT2D eigenvalue weighted by Gasteiger charge is -2.14. The van der Waals surface area contributed by atoms with Gasteiger partial charge < -0.3 is 14.9 Å². The van der Waals surface area contributed by atoms with Crippen molar-refractivity contribution in [3.8, 4) is 0 Å². The fourth-order valence-electron chi connectivity index (χ4n) is 1.79. The Labute approximate surface area is 97.0 Å². The Balaban J connectivity index is 2.35. The third kappa shape index (κ3) is 3.61. The molecular formula is C12H22N2O2. The Morgan fingerprint density at radius 3 is 2.69 bits per heavy atom. The second-order valence-corrected chi connectivity index (χ2v) is 4.22. The van der Waals surface area contributed by atoms with Gasteiger partial charge in [0.2, 0.25) is 0 Å². The highest BCUT2D eigenvalue weighted by Gasteiger charge is 2.09. The van der Waals surface area contributed by atoms with E-state index in [1.165, 1.54) is 0 Å². The minimum Gasteiger partial charge on any atom is -0.396 e. The van der Waals surface area contributed by atoms with Crippen molar-refractivity contribution in [1.29, 1.82) is 0 Å². The summed E-state index contributed by atoms with van der Waals surface area (Å²) in [6, 6.07) is 0. The molecule has 0 bridgehead atoms. The molecule has 1 aromatic rings. The van der Waals surface area contributed by atoms with Crippen LogP contribution >= 0.6 is 0 Å². The minimum atomic E-state index is 0.269. The molecule has 4 nitrogen and oxygen atoms in total. The van der Waals surface area contributed by atoms with Crippen molar-refractivity contribution in [1.82, 2.24) is 10.5 Å². The molecular weight excluding hydrogens is 204 g/mol. The van der Waals surface area contributed by atoms with Crippen LogP contribution in [0.1, 0.15) is 36.8 Å². The topological polar surface area (TPSA) is 58.3 Å². The van der Waals surface area contributed by atoms with Crippen LogP contribution in [-0.2, 0) is 6.54 Å². The van der Waals surface area contributed by atoms with Crippen LogP contribution in [0.15, 0.2) is 4.52 Å². The van der Waals surface area contributed by atoms with E-state index in [2.05, 4.69) is 17.4 Å². The van der Waals surface area contributed by atoms with Crippen LogP contribution in [0.2, 0.25) is 0 Å². The first kappa shape index (κ1) is 13.2. The van der Waals surface area contributed by atoms with E-state index in [1.54, 1.807) is 0 Å². The first-order chi connectivity index (χ1) is 7.69. The number of aliphatic hydroxyl groups is 1. The molecule has 0 radical (unpaired) electrons. The number of hydrogen-bond donors (Lipinski definition) is 2. The quantitative estimate of drug-likeness (QED) is 0.744. The molecule has 0 fully saturated rings. The van der Waals surface area contributed by atoms with E-state index in [1.807, 2.05) is 13.8 Å². The van der Waals surface area contributed by atoms with Crippen LogP contribution in [0.4, 0.5) is 0 Å². The molecule has 0 aliphatic rings. The van der Waals surface area contributed by atoms with Crippen molar-refractivity contribution in [3.63, 3.8) is 0 Å². The fourth-order valence-corrected chi connectivity index (χ4v) is 1.79. The van der Waals surface area contributed by atoms with Gasteiger partial charge in [-0.15, -0.1) is 0 Å². The Hall–Kier alpha value is -0.870. The maximum atomic E-state index is 8.89. The molecule has 0 aromatic carbocycles. The van der Waals surface area contributed by atoms with E-state index in [0.717, 1.165) is 42.9 Å². The highest BCUT2D eigenvalue weighted by molar-refractivity contribution is 5.20. The van der Waals surface area contributed by atoms with E-state index in [-0.39, 0.29) is 6.61 Å². The zero-order valence-corrected chi connectivity index (χ0v) is 10.4. The van der Waals surface area contributed by atoms with E-state index in [4.69, 9.17) is 9.63 Å². The van der Waals surface area contributed by atoms with Crippen molar-refractivity contribution in [2.75, 3.05) is 13.2 Å². The van der Waals surface area contributed by atoms with Crippen LogP contribution in [0.5, 0.6) is 0 Å². The number of aliphatic hydroxyl groups excluding tert-OH is 1. The second-order valence-electron chi connectivity index (χ2n) is 4.22. The third-order valence-electron chi connectivity index (χ3n) is 3.03. The molecule has 1 unspecified atom stereocenters. The predicted molar refractivity (Wildman–Crippen MR) is 63.2 cm³/mol. The van der Waals surface area contributed by atoms with Crippen LogP contribution in [-0.4, -0.2) is 23.4 Å². The molecule has 1 atom stereocenters. The van der Waals surface area contributed by atoms with E-state index in [9.17, 15) is 0 Å². The minimum absolute atomic E-state index is 0.269. The fraction of sp³-hybridized carbons (Fsp3) is 0.750. The van der Waals surface area contributed by atoms with Gasteiger partial charge in [-0.05, 0) is 32.7 Å². The van der Waals surface area contributed by atoms with E-state index >= 15 is 0 Å². The number of hydrogen-bond acceptors (Lipinski definition) is 4. The Bertz CT molecular complexity index is 290. The lowest BCUT2D eigenvalue weighted by atomic mass is 10.0. The van der Waals surface area contributed by atoms with Crippen molar-refractivity contribution in [2.45, 2.75) is 40.2 Å². The molecule has 16 heavy (non-hydrogen) atoms. The van der Waals surface area contributed by atoms with Crippen LogP contribution in [0, 0.1) is 19.8 Å². The van der Waals surface area contributed by atoms with Crippen LogP contribution < -0.4 is 5.32 Å². The third-order valence-corrected chi connectivity index (χ3v) is 3.03. The summed E-state index contributed by atoms with van der Waals surface area (Å²) in [5, 5.41) is 16.2. The first-order valence-electron chi connectivity index (χ1n) is 5.92. The molecule has 1 rings (SSSR count). The average Bonchev–Trinajstić information content (AvgIpc) is 2.59. The lowest BCUT2D eigenvalue weighted by molar-refractivity contribution is 0.251. The largest absolute Gasteiger partial charge is 0.396 e. The summed E-state index contributed by atoms with van der Waals surface area (Å²) in [5.41, 5.74) is 2.11. The van der Waals surface area contributed by atoms with Gasteiger partial charge in [-0.3, -0.25) is 0 Å². The van der Waals surface area contributed by atoms with Crippen LogP contribution in [0.3, 0.4) is 0 Å². The van der Waals surface area contributed by atoms with Crippen molar-refractivity contribution in [3.05, 3.63) is 17.0 Å². The van der Waals surface area contributed by atoms with Gasteiger partial charge in [0.05, 0.1) is 5.69 Å². The van der Waals surface area contributed by atoms with Gasteiger partial charge in [0.1, 0.15) is 5.76 Å². The zero-order chi connectivity index (χ0) is 12.0. The molecule has 4 heteroatoms. The average molecular weight is 226 g/mol. The summed E-state index contributed by atoms with van der Waals surface area (Å²) >= 11 is 0. The standard InChI is InChI=1S/C12H22N2O2/c1-4-11(5-6-15)7-13-8-12-9(2)14-16-10(12)3/h11,13,15H,4-8H2,1-3H3. The second kappa shape index (κ2) is 6.66. The predicted octanol–water partition coefficient (Wildman–Crippen LogP) is 1.79. The highest BCUT2D eigenvalue weighted by atomic mass is 16.5. The van der Waals surface area contributed by atoms with Gasteiger partial charge in [-0.2, -0.15) is 0 Å². The zero-order valence-electron chi connectivity index (χ0n) is 10.4. The van der Waals surface area contributed by atoms with Gasteiger partial charge in [0.25, 0.3) is 0 Å². The molecule has 2 N–H and O–H groups in total. The van der Waals surface area contributed by atoms with Crippen molar-refractivity contribution < 1.29 is 9.63 Å². The summed E-state index contributed by atoms with van der Waals surface area (Å²) in [4.78, 5) is 0. The van der Waals surface area contributed by atoms with Gasteiger partial charge in [0.15, 0.2) is 0 Å². The number of aromatic nitrogens is 1. The molecule has 0 aliphatic heterocycles. The molecule has 1 heterocycles. The maximum absolute atomic E-state index is 8.89. The van der Waals surface area contributed by atoms with Gasteiger partial charge in [-0.1, -0.05) is 18.5 Å². The molecule has 1 aromatic heterocycles. The highest BCUT2D eigenvalue weighted by Crippen LogP contribution is 2.12. The number of nitrogens with zero attached hydrogens (tertiary/aromatic N) is 1. The lowest BCUT2D eigenvalue weighted by Crippen LogP contribution is -2.23. The van der Waals surface area contributed by atoms with Gasteiger partial charge >= 0.3 is 0 Å². The SMILES string of the molecule is CCC(CCO)CNCc1c(C)noc1C. The van der Waals surface area contributed by atoms with E-state index < -0.39 is 0 Å². The van der Waals surface area contributed by atoms with Crippen molar-refractivity contribution in [2.24, 2.45) is 5.92 Å². The van der Waals surface area contributed by atoms with Crippen molar-refractivity contribution >= 4 is 0 Å². The van der Waals surface area contributed by atoms with Gasteiger partial charge in [-0.25, -0.2) is 0 Å². The normalized spacial score (nSPS) is 13.0. The number of rotatable bonds is 7. The molecule has 0 aliphatic carbocycles. The van der Waals surface area contributed by atoms with Crippen LogP contribution in [0.25, 0.3) is 0 Å². The summed E-state index contributed by atoms with van der Waals surface area (Å²) in [7, 11) is 0. The monoisotopic (exact) mass is 226 g/mol. The Kier molecular flexibility index (Phi) is 5.49. The summed E-state index contributed by atoms with van der Waals surface area (Å²) in [6.45, 7) is 8.04. The molecule has 0 saturated carbocycles. The molecule has 0 saturated heterocycles. The number of aryl methyl sites for hydroxylation is 2. The maximum Gasteiger partial charge on any atom is 0.138 e. The molecule has 92 valence electrons. The Morgan fingerprint density at radius 2 is 2.19 bits per heavy atom. The van der Waals surface area contributed by atoms with Gasteiger partial charge in [0, 0.05) is 18.7 Å². The smallest absolute Gasteiger partial charge is 0.138 e. The Morgan fingerprint density at radius 1 is 1.44 bits per heavy atom. The first-order valence-corrected chi connectivity index (χ1v) is 5.92. The molecule has 0 spiro atoms.